The molecule has 0 saturated carbocycles. The molecule has 0 aromatic carbocycles. The number of hydrogen-bond donors (Lipinski definition) is 4. The molecule has 0 amide bonds. The van der Waals surface area contributed by atoms with E-state index in [0.29, 0.717) is 0 Å². The summed E-state index contributed by atoms with van der Waals surface area (Å²) in [6, 6.07) is 0. The number of nitrogens with two attached hydrogens (primary N) is 1. The van der Waals surface area contributed by atoms with Crippen molar-refractivity contribution in [3.8, 4) is 0 Å². The van der Waals surface area contributed by atoms with Crippen LogP contribution < -0.4 is 11.4 Å². The molecule has 0 aliphatic heterocycles. The second-order valence-corrected chi connectivity index (χ2v) is 1.64. The molecule has 0 aromatic heterocycles. The van der Waals surface area contributed by atoms with E-state index < -0.39 is 0 Å². The summed E-state index contributed by atoms with van der Waals surface area (Å²) in [6.45, 7) is 2.88. The van der Waals surface area contributed by atoms with Gasteiger partial charge in [-0.05, 0) is 6.54 Å². The molecule has 76 valence electrons. The first-order valence-corrected chi connectivity index (χ1v) is 3.73. The van der Waals surface area contributed by atoms with Gasteiger partial charge in [0.25, 0.3) is 0 Å². The van der Waals surface area contributed by atoms with Gasteiger partial charge in [0.15, 0.2) is 0 Å². The van der Waals surface area contributed by atoms with Crippen LogP contribution in [0.3, 0.4) is 0 Å². The van der Waals surface area contributed by atoms with Crippen molar-refractivity contribution >= 4 is 0 Å². The molecule has 0 unspecified atom stereocenters. The minimum atomic E-state index is -0.0600. The van der Waals surface area contributed by atoms with Gasteiger partial charge in [-0.1, -0.05) is 12.6 Å². The first-order valence-electron chi connectivity index (χ1n) is 3.73. The van der Waals surface area contributed by atoms with E-state index in [4.69, 9.17) is 15.9 Å². The third-order valence-electron chi connectivity index (χ3n) is 0.505. The van der Waals surface area contributed by atoms with Crippen LogP contribution in [0.2, 0.25) is 0 Å². The fourth-order valence-corrected chi connectivity index (χ4v) is 0.216. The summed E-state index contributed by atoms with van der Waals surface area (Å²) in [7, 11) is 0. The van der Waals surface area contributed by atoms with Crippen LogP contribution in [0.4, 0.5) is 0 Å². The molecule has 0 aromatic rings. The fraction of sp³-hybridized carbons (Fsp3) is 1.00. The molecule has 0 saturated heterocycles. The van der Waals surface area contributed by atoms with Gasteiger partial charge in [0.1, 0.15) is 0 Å². The van der Waals surface area contributed by atoms with Crippen molar-refractivity contribution < 1.29 is 19.9 Å². The molecule has 12 heavy (non-hydrogen) atoms. The highest BCUT2D eigenvalue weighted by Crippen LogP contribution is 1.67. The summed E-state index contributed by atoms with van der Waals surface area (Å²) in [5.41, 5.74) is 6.91. The van der Waals surface area contributed by atoms with Crippen molar-refractivity contribution in [1.29, 1.82) is 0 Å². The molecule has 0 heterocycles. The predicted octanol–water partition coefficient (Wildman–Crippen LogP) is -1.61. The first-order chi connectivity index (χ1) is 5.83. The molecule has 0 radical (unpaired) electrons. The lowest BCUT2D eigenvalue weighted by molar-refractivity contribution is -0.178. The Morgan fingerprint density at radius 3 is 1.75 bits per heavy atom. The molecule has 0 bridgehead atoms. The predicted molar refractivity (Wildman–Crippen MR) is 43.9 cm³/mol. The van der Waals surface area contributed by atoms with Crippen LogP contribution in [0.5, 0.6) is 0 Å². The van der Waals surface area contributed by atoms with E-state index >= 15 is 0 Å². The Hall–Kier alpha value is -0.240. The third kappa shape index (κ3) is 22.6. The van der Waals surface area contributed by atoms with Crippen LogP contribution in [-0.4, -0.2) is 43.2 Å². The van der Waals surface area contributed by atoms with Crippen LogP contribution in [-0.2, 0) is 9.68 Å². The maximum atomic E-state index is 8.15. The van der Waals surface area contributed by atoms with Crippen LogP contribution in [0, 0.1) is 0 Å². The lowest BCUT2D eigenvalue weighted by Gasteiger charge is -2.01. The van der Waals surface area contributed by atoms with Crippen molar-refractivity contribution in [2.24, 2.45) is 5.73 Å². The van der Waals surface area contributed by atoms with Gasteiger partial charge in [-0.2, -0.15) is 0 Å². The Balaban J connectivity index is 0. The Morgan fingerprint density at radius 2 is 1.50 bits per heavy atom. The minimum absolute atomic E-state index is 0.0600. The molecule has 5 N–H and O–H groups in total. The molecule has 6 nitrogen and oxygen atoms in total. The molecular weight excluding hydrogens is 164 g/mol. The minimum Gasteiger partial charge on any atom is -0.394 e. The van der Waals surface area contributed by atoms with E-state index in [2.05, 4.69) is 15.3 Å². The molecule has 0 aliphatic rings. The Morgan fingerprint density at radius 1 is 1.17 bits per heavy atom. The molecule has 0 spiro atoms. The molecular formula is C6H18N2O4. The first kappa shape index (κ1) is 14.3. The van der Waals surface area contributed by atoms with Crippen molar-refractivity contribution in [2.75, 3.05) is 33.0 Å². The SMILES string of the molecule is CCN.OCCONOCCO. The smallest absolute Gasteiger partial charge is 0.0940 e. The summed E-state index contributed by atoms with van der Waals surface area (Å²) in [5.74, 6) is 0. The zero-order valence-corrected chi connectivity index (χ0v) is 7.32. The highest BCUT2D eigenvalue weighted by molar-refractivity contribution is 4.16. The number of aliphatic hydroxyl groups excluding tert-OH is 2. The van der Waals surface area contributed by atoms with E-state index in [1.54, 1.807) is 0 Å². The fourth-order valence-electron chi connectivity index (χ4n) is 0.216. The lowest BCUT2D eigenvalue weighted by Crippen LogP contribution is -2.19. The summed E-state index contributed by atoms with van der Waals surface area (Å²) in [6.07, 6.45) is 0. The topological polar surface area (TPSA) is 97.0 Å². The number of aliphatic hydroxyl groups is 2. The zero-order valence-electron chi connectivity index (χ0n) is 7.32. The Labute approximate surface area is 72.2 Å². The quantitative estimate of drug-likeness (QED) is 0.291. The third-order valence-corrected chi connectivity index (χ3v) is 0.505. The van der Waals surface area contributed by atoms with Gasteiger partial charge in [-0.15, -0.1) is 0 Å². The molecule has 0 rings (SSSR count). The number of nitrogens with one attached hydrogen (secondary N) is 1. The summed E-state index contributed by atoms with van der Waals surface area (Å²) >= 11 is 0. The van der Waals surface area contributed by atoms with E-state index in [9.17, 15) is 0 Å². The van der Waals surface area contributed by atoms with Gasteiger partial charge in [0, 0.05) is 0 Å². The van der Waals surface area contributed by atoms with Crippen molar-refractivity contribution in [1.82, 2.24) is 5.64 Å². The van der Waals surface area contributed by atoms with E-state index in [0.717, 1.165) is 6.54 Å². The maximum absolute atomic E-state index is 8.15. The molecule has 0 fully saturated rings. The van der Waals surface area contributed by atoms with E-state index in [1.807, 2.05) is 6.92 Å². The zero-order chi connectivity index (χ0) is 9.66. The van der Waals surface area contributed by atoms with Gasteiger partial charge in [-0.3, -0.25) is 9.68 Å². The molecule has 0 atom stereocenters. The summed E-state index contributed by atoms with van der Waals surface area (Å²) in [4.78, 5) is 8.90. The van der Waals surface area contributed by atoms with Gasteiger partial charge in [0.05, 0.1) is 26.4 Å². The monoisotopic (exact) mass is 182 g/mol. The van der Waals surface area contributed by atoms with Crippen LogP contribution in [0.15, 0.2) is 0 Å². The Kier molecular flexibility index (Phi) is 20.3. The summed E-state index contributed by atoms with van der Waals surface area (Å²) < 4.78 is 0. The highest BCUT2D eigenvalue weighted by atomic mass is 16.9. The van der Waals surface area contributed by atoms with E-state index in [1.165, 1.54) is 0 Å². The highest BCUT2D eigenvalue weighted by Gasteiger charge is 1.83. The lowest BCUT2D eigenvalue weighted by atomic mass is 10.8. The second kappa shape index (κ2) is 17.0. The summed E-state index contributed by atoms with van der Waals surface area (Å²) in [5, 5.41) is 16.3. The number of hydrogen-bond acceptors (Lipinski definition) is 6. The average Bonchev–Trinajstić information content (AvgIpc) is 2.06. The average molecular weight is 182 g/mol. The Bertz CT molecular complexity index is 59.5. The van der Waals surface area contributed by atoms with Crippen molar-refractivity contribution in [3.05, 3.63) is 0 Å². The standard InChI is InChI=1S/C4H11NO4.C2H7N/c6-1-3-8-5-9-4-2-7;1-2-3/h5-7H,1-4H2;2-3H2,1H3. The van der Waals surface area contributed by atoms with Gasteiger partial charge < -0.3 is 15.9 Å². The normalized spacial score (nSPS) is 9.00. The molecule has 0 aliphatic carbocycles. The van der Waals surface area contributed by atoms with Crippen LogP contribution in [0.1, 0.15) is 6.92 Å². The maximum Gasteiger partial charge on any atom is 0.0940 e. The van der Waals surface area contributed by atoms with Crippen molar-refractivity contribution in [2.45, 2.75) is 6.92 Å². The largest absolute Gasteiger partial charge is 0.394 e. The van der Waals surface area contributed by atoms with E-state index in [-0.39, 0.29) is 26.4 Å². The van der Waals surface area contributed by atoms with Crippen LogP contribution >= 0.6 is 0 Å². The van der Waals surface area contributed by atoms with Gasteiger partial charge in [0.2, 0.25) is 0 Å². The molecule has 6 heteroatoms. The van der Waals surface area contributed by atoms with Gasteiger partial charge >= 0.3 is 0 Å². The van der Waals surface area contributed by atoms with Gasteiger partial charge in [-0.25, -0.2) is 0 Å². The second-order valence-electron chi connectivity index (χ2n) is 1.64. The van der Waals surface area contributed by atoms with Crippen LogP contribution in [0.25, 0.3) is 0 Å². The number of rotatable bonds is 6. The van der Waals surface area contributed by atoms with Crippen molar-refractivity contribution in [3.63, 3.8) is 0 Å².